The monoisotopic (exact) mass is 677 g/mol. The zero-order valence-electron chi connectivity index (χ0n) is 28.6. The highest BCUT2D eigenvalue weighted by molar-refractivity contribution is 6.06. The van der Waals surface area contributed by atoms with Crippen LogP contribution in [0.1, 0.15) is 0 Å². The first-order valence-corrected chi connectivity index (χ1v) is 17.8. The van der Waals surface area contributed by atoms with E-state index in [0.29, 0.717) is 17.5 Å². The molecule has 0 spiro atoms. The molecule has 0 unspecified atom stereocenters. The molecule has 0 aliphatic carbocycles. The Morgan fingerprint density at radius 1 is 0.283 bits per heavy atom. The van der Waals surface area contributed by atoms with E-state index in [1.807, 2.05) is 54.6 Å². The molecule has 0 radical (unpaired) electrons. The standard InChI is InChI=1S/C49H31N3O/c1-3-14-32(15-4-1)40-21-9-10-23-44(40)49-51-47(34-17-5-2-6-18-34)50-48(52-49)38-29-36(28-37(30-38)41-24-13-19-33-16-7-8-20-39(33)41)35-26-27-43-42-22-11-12-25-45(42)53-46(43)31-35/h1-31H. The van der Waals surface area contributed by atoms with E-state index in [9.17, 15) is 0 Å². The minimum Gasteiger partial charge on any atom is -0.456 e. The van der Waals surface area contributed by atoms with Gasteiger partial charge in [0.25, 0.3) is 0 Å². The van der Waals surface area contributed by atoms with Crippen LogP contribution in [0.3, 0.4) is 0 Å². The van der Waals surface area contributed by atoms with E-state index in [0.717, 1.165) is 72.0 Å². The lowest BCUT2D eigenvalue weighted by Crippen LogP contribution is -2.01. The van der Waals surface area contributed by atoms with E-state index in [-0.39, 0.29) is 0 Å². The van der Waals surface area contributed by atoms with Gasteiger partial charge in [0, 0.05) is 27.5 Å². The van der Waals surface area contributed by atoms with E-state index < -0.39 is 0 Å². The molecule has 10 rings (SSSR count). The highest BCUT2D eigenvalue weighted by atomic mass is 16.3. The van der Waals surface area contributed by atoms with Gasteiger partial charge in [-0.2, -0.15) is 0 Å². The predicted octanol–water partition coefficient (Wildman–Crippen LogP) is 12.9. The van der Waals surface area contributed by atoms with Crippen LogP contribution in [-0.2, 0) is 0 Å². The number of aromatic nitrogens is 3. The predicted molar refractivity (Wildman–Crippen MR) is 217 cm³/mol. The summed E-state index contributed by atoms with van der Waals surface area (Å²) >= 11 is 0. The van der Waals surface area contributed by atoms with Gasteiger partial charge in [-0.3, -0.25) is 0 Å². The first kappa shape index (κ1) is 30.6. The van der Waals surface area contributed by atoms with Gasteiger partial charge < -0.3 is 4.42 Å². The minimum absolute atomic E-state index is 0.602. The third kappa shape index (κ3) is 5.63. The molecule has 2 heterocycles. The highest BCUT2D eigenvalue weighted by Gasteiger charge is 2.18. The average Bonchev–Trinajstić information content (AvgIpc) is 3.62. The Labute approximate surface area is 306 Å². The first-order valence-electron chi connectivity index (χ1n) is 17.8. The Balaban J connectivity index is 1.22. The second kappa shape index (κ2) is 12.9. The van der Waals surface area contributed by atoms with Crippen molar-refractivity contribution in [3.8, 4) is 67.5 Å². The normalized spacial score (nSPS) is 11.4. The topological polar surface area (TPSA) is 51.8 Å². The third-order valence-electron chi connectivity index (χ3n) is 9.92. The van der Waals surface area contributed by atoms with Crippen LogP contribution in [0, 0.1) is 0 Å². The molecule has 0 saturated carbocycles. The van der Waals surface area contributed by atoms with Gasteiger partial charge in [0.2, 0.25) is 0 Å². The SMILES string of the molecule is c1ccc(-c2nc(-c3cc(-c4ccc5c(c4)oc4ccccc45)cc(-c4cccc5ccccc45)c3)nc(-c3ccccc3-c3ccccc3)n2)cc1. The number of furan rings is 1. The number of para-hydroxylation sites is 1. The number of hydrogen-bond acceptors (Lipinski definition) is 4. The van der Waals surface area contributed by atoms with E-state index >= 15 is 0 Å². The summed E-state index contributed by atoms with van der Waals surface area (Å²) in [7, 11) is 0. The number of fused-ring (bicyclic) bond motifs is 4. The lowest BCUT2D eigenvalue weighted by molar-refractivity contribution is 0.669. The fourth-order valence-electron chi connectivity index (χ4n) is 7.35. The number of nitrogens with zero attached hydrogens (tertiary/aromatic N) is 3. The van der Waals surface area contributed by atoms with Crippen LogP contribution in [0.5, 0.6) is 0 Å². The number of hydrogen-bond donors (Lipinski definition) is 0. The molecule has 4 heteroatoms. The van der Waals surface area contributed by atoms with Crippen LogP contribution in [0.2, 0.25) is 0 Å². The van der Waals surface area contributed by atoms with Crippen molar-refractivity contribution in [3.05, 3.63) is 188 Å². The van der Waals surface area contributed by atoms with Gasteiger partial charge in [-0.15, -0.1) is 0 Å². The third-order valence-corrected chi connectivity index (χ3v) is 9.92. The van der Waals surface area contributed by atoms with Crippen molar-refractivity contribution >= 4 is 32.7 Å². The summed E-state index contributed by atoms with van der Waals surface area (Å²) in [5, 5.41) is 4.58. The van der Waals surface area contributed by atoms with Gasteiger partial charge in [0.1, 0.15) is 11.2 Å². The maximum Gasteiger partial charge on any atom is 0.164 e. The summed E-state index contributed by atoms with van der Waals surface area (Å²) in [6.45, 7) is 0. The molecule has 8 aromatic carbocycles. The Hall–Kier alpha value is -7.17. The van der Waals surface area contributed by atoms with Crippen molar-refractivity contribution in [1.82, 2.24) is 15.0 Å². The summed E-state index contributed by atoms with van der Waals surface area (Å²) in [6.07, 6.45) is 0. The lowest BCUT2D eigenvalue weighted by Gasteiger charge is -2.14. The highest BCUT2D eigenvalue weighted by Crippen LogP contribution is 2.39. The Bertz CT molecular complexity index is 2940. The van der Waals surface area contributed by atoms with Crippen molar-refractivity contribution in [2.24, 2.45) is 0 Å². The van der Waals surface area contributed by atoms with Gasteiger partial charge in [-0.25, -0.2) is 15.0 Å². The summed E-state index contributed by atoms with van der Waals surface area (Å²) in [5.41, 5.74) is 11.0. The van der Waals surface area contributed by atoms with Crippen LogP contribution in [0.25, 0.3) is 100 Å². The second-order valence-corrected chi connectivity index (χ2v) is 13.2. The lowest BCUT2D eigenvalue weighted by atomic mass is 9.92. The smallest absolute Gasteiger partial charge is 0.164 e. The van der Waals surface area contributed by atoms with Gasteiger partial charge in [0.15, 0.2) is 17.5 Å². The van der Waals surface area contributed by atoms with Crippen LogP contribution < -0.4 is 0 Å². The number of rotatable bonds is 6. The number of benzene rings is 8. The molecule has 0 bridgehead atoms. The van der Waals surface area contributed by atoms with E-state index in [1.54, 1.807) is 0 Å². The zero-order chi connectivity index (χ0) is 35.1. The fraction of sp³-hybridized carbons (Fsp3) is 0. The van der Waals surface area contributed by atoms with Gasteiger partial charge in [0.05, 0.1) is 0 Å². The molecular weight excluding hydrogens is 647 g/mol. The largest absolute Gasteiger partial charge is 0.456 e. The molecule has 2 aromatic heterocycles. The Kier molecular flexibility index (Phi) is 7.43. The first-order chi connectivity index (χ1) is 26.2. The molecule has 0 N–H and O–H groups in total. The molecule has 0 atom stereocenters. The van der Waals surface area contributed by atoms with Crippen molar-refractivity contribution in [3.63, 3.8) is 0 Å². The summed E-state index contributed by atoms with van der Waals surface area (Å²) in [5.74, 6) is 1.84. The summed E-state index contributed by atoms with van der Waals surface area (Å²) in [4.78, 5) is 15.5. The van der Waals surface area contributed by atoms with Crippen LogP contribution in [-0.4, -0.2) is 15.0 Å². The molecule has 0 saturated heterocycles. The van der Waals surface area contributed by atoms with Crippen molar-refractivity contribution in [2.75, 3.05) is 0 Å². The van der Waals surface area contributed by atoms with E-state index in [2.05, 4.69) is 133 Å². The van der Waals surface area contributed by atoms with Crippen molar-refractivity contribution in [2.45, 2.75) is 0 Å². The van der Waals surface area contributed by atoms with E-state index in [1.165, 1.54) is 10.8 Å². The zero-order valence-corrected chi connectivity index (χ0v) is 28.6. The molecule has 10 aromatic rings. The summed E-state index contributed by atoms with van der Waals surface area (Å²) < 4.78 is 6.35. The fourth-order valence-corrected chi connectivity index (χ4v) is 7.35. The molecular formula is C49H31N3O. The second-order valence-electron chi connectivity index (χ2n) is 13.2. The van der Waals surface area contributed by atoms with Gasteiger partial charge >= 0.3 is 0 Å². The Morgan fingerprint density at radius 2 is 0.849 bits per heavy atom. The molecule has 0 fully saturated rings. The summed E-state index contributed by atoms with van der Waals surface area (Å²) in [6, 6.07) is 65.2. The maximum atomic E-state index is 6.35. The van der Waals surface area contributed by atoms with Crippen LogP contribution in [0.15, 0.2) is 192 Å². The van der Waals surface area contributed by atoms with Crippen molar-refractivity contribution in [1.29, 1.82) is 0 Å². The van der Waals surface area contributed by atoms with Gasteiger partial charge in [-0.1, -0.05) is 152 Å². The van der Waals surface area contributed by atoms with Crippen LogP contribution >= 0.6 is 0 Å². The molecule has 0 aliphatic heterocycles. The molecule has 0 amide bonds. The molecule has 248 valence electrons. The Morgan fingerprint density at radius 3 is 1.68 bits per heavy atom. The molecule has 4 nitrogen and oxygen atoms in total. The molecule has 53 heavy (non-hydrogen) atoms. The van der Waals surface area contributed by atoms with Crippen molar-refractivity contribution < 1.29 is 4.42 Å². The van der Waals surface area contributed by atoms with E-state index in [4.69, 9.17) is 19.4 Å². The minimum atomic E-state index is 0.602. The van der Waals surface area contributed by atoms with Crippen LogP contribution in [0.4, 0.5) is 0 Å². The quantitative estimate of drug-likeness (QED) is 0.176. The maximum absolute atomic E-state index is 6.35. The van der Waals surface area contributed by atoms with Gasteiger partial charge in [-0.05, 0) is 80.6 Å². The molecule has 0 aliphatic rings. The average molecular weight is 678 g/mol.